The second kappa shape index (κ2) is 19.1. The van der Waals surface area contributed by atoms with Gasteiger partial charge in [0.2, 0.25) is 0 Å². The van der Waals surface area contributed by atoms with Crippen LogP contribution < -0.4 is 4.74 Å². The number of Topliss-reactive ketones (excluding diaryl/α,β-unsaturated/α-hetero) is 2. The fourth-order valence-corrected chi connectivity index (χ4v) is 2.18. The summed E-state index contributed by atoms with van der Waals surface area (Å²) in [5.41, 5.74) is 1.35. The van der Waals surface area contributed by atoms with Gasteiger partial charge < -0.3 is 9.53 Å². The Bertz CT molecular complexity index is 469. The molecule has 1 aromatic carbocycles. The lowest BCUT2D eigenvalue weighted by Gasteiger charge is -2.12. The van der Waals surface area contributed by atoms with Crippen molar-refractivity contribution in [2.45, 2.75) is 88.0 Å². The van der Waals surface area contributed by atoms with Crippen LogP contribution in [0.5, 0.6) is 5.75 Å². The van der Waals surface area contributed by atoms with Crippen molar-refractivity contribution < 1.29 is 14.3 Å². The van der Waals surface area contributed by atoms with Crippen LogP contribution >= 0.6 is 0 Å². The van der Waals surface area contributed by atoms with E-state index in [9.17, 15) is 9.59 Å². The highest BCUT2D eigenvalue weighted by atomic mass is 16.5. The summed E-state index contributed by atoms with van der Waals surface area (Å²) in [4.78, 5) is 20.4. The van der Waals surface area contributed by atoms with Gasteiger partial charge in [-0.1, -0.05) is 60.6 Å². The van der Waals surface area contributed by atoms with E-state index in [2.05, 4.69) is 46.8 Å². The van der Waals surface area contributed by atoms with Gasteiger partial charge in [-0.15, -0.1) is 0 Å². The Balaban J connectivity index is -0.000000333. The third kappa shape index (κ3) is 20.5. The Morgan fingerprint density at radius 3 is 1.52 bits per heavy atom. The number of hydrogen-bond acceptors (Lipinski definition) is 3. The number of carbonyl (C=O) groups is 2. The van der Waals surface area contributed by atoms with Crippen molar-refractivity contribution in [2.24, 2.45) is 11.8 Å². The first kappa shape index (κ1) is 30.1. The number of ketones is 2. The SMILES string of the molecule is CC.CC(C)=O.CCC(CC(C)C)C(C)=O.COc1ccc(C(C)C)cc1. The van der Waals surface area contributed by atoms with Crippen LogP contribution in [0.2, 0.25) is 0 Å². The molecule has 1 unspecified atom stereocenters. The van der Waals surface area contributed by atoms with Crippen molar-refractivity contribution in [1.29, 1.82) is 0 Å². The minimum Gasteiger partial charge on any atom is -0.497 e. The molecular weight excluding hydrogens is 336 g/mol. The first-order chi connectivity index (χ1) is 12.5. The van der Waals surface area contributed by atoms with Gasteiger partial charge in [0.1, 0.15) is 17.3 Å². The molecule has 0 heterocycles. The Morgan fingerprint density at radius 2 is 1.33 bits per heavy atom. The van der Waals surface area contributed by atoms with Crippen LogP contribution in [0.15, 0.2) is 24.3 Å². The average Bonchev–Trinajstić information content (AvgIpc) is 2.61. The third-order valence-electron chi connectivity index (χ3n) is 3.61. The molecule has 0 aromatic heterocycles. The lowest BCUT2D eigenvalue weighted by atomic mass is 9.92. The minimum absolute atomic E-state index is 0.167. The van der Waals surface area contributed by atoms with E-state index in [0.29, 0.717) is 23.5 Å². The Labute approximate surface area is 168 Å². The normalized spacial score (nSPS) is 10.4. The summed E-state index contributed by atoms with van der Waals surface area (Å²) in [5, 5.41) is 0. The Kier molecular flexibility index (Phi) is 21.3. The topological polar surface area (TPSA) is 43.4 Å². The first-order valence-corrected chi connectivity index (χ1v) is 10.2. The van der Waals surface area contributed by atoms with E-state index in [-0.39, 0.29) is 5.78 Å². The van der Waals surface area contributed by atoms with Crippen molar-refractivity contribution in [3.63, 3.8) is 0 Å². The second-order valence-corrected chi connectivity index (χ2v) is 7.18. The summed E-state index contributed by atoms with van der Waals surface area (Å²) in [6.45, 7) is 19.5. The number of benzene rings is 1. The van der Waals surface area contributed by atoms with Gasteiger partial charge in [-0.2, -0.15) is 0 Å². The van der Waals surface area contributed by atoms with E-state index >= 15 is 0 Å². The average molecular weight is 381 g/mol. The molecule has 0 bridgehead atoms. The molecule has 27 heavy (non-hydrogen) atoms. The number of carbonyl (C=O) groups excluding carboxylic acids is 2. The van der Waals surface area contributed by atoms with Crippen LogP contribution in [-0.4, -0.2) is 18.7 Å². The van der Waals surface area contributed by atoms with Crippen molar-refractivity contribution in [3.8, 4) is 5.75 Å². The highest BCUT2D eigenvalue weighted by Gasteiger charge is 2.12. The number of hydrogen-bond donors (Lipinski definition) is 0. The summed E-state index contributed by atoms with van der Waals surface area (Å²) in [7, 11) is 1.68. The van der Waals surface area contributed by atoms with E-state index in [1.165, 1.54) is 19.4 Å². The van der Waals surface area contributed by atoms with Crippen LogP contribution in [0.1, 0.15) is 93.6 Å². The van der Waals surface area contributed by atoms with Crippen LogP contribution in [-0.2, 0) is 9.59 Å². The quantitative estimate of drug-likeness (QED) is 0.529. The van der Waals surface area contributed by atoms with Crippen molar-refractivity contribution in [3.05, 3.63) is 29.8 Å². The summed E-state index contributed by atoms with van der Waals surface area (Å²) < 4.78 is 5.05. The lowest BCUT2D eigenvalue weighted by molar-refractivity contribution is -0.121. The molecule has 0 aliphatic carbocycles. The van der Waals surface area contributed by atoms with E-state index in [0.717, 1.165) is 18.6 Å². The molecule has 0 aliphatic rings. The molecule has 0 aliphatic heterocycles. The van der Waals surface area contributed by atoms with Gasteiger partial charge in [-0.3, -0.25) is 4.79 Å². The van der Waals surface area contributed by atoms with Gasteiger partial charge in [-0.05, 0) is 63.1 Å². The van der Waals surface area contributed by atoms with E-state index < -0.39 is 0 Å². The van der Waals surface area contributed by atoms with Gasteiger partial charge in [0.15, 0.2) is 0 Å². The molecule has 3 nitrogen and oxygen atoms in total. The molecule has 1 aromatic rings. The predicted molar refractivity (Wildman–Crippen MR) is 119 cm³/mol. The smallest absolute Gasteiger partial charge is 0.132 e. The van der Waals surface area contributed by atoms with E-state index in [1.54, 1.807) is 14.0 Å². The zero-order valence-corrected chi connectivity index (χ0v) is 19.7. The van der Waals surface area contributed by atoms with Crippen LogP contribution in [0.25, 0.3) is 0 Å². The third-order valence-corrected chi connectivity index (χ3v) is 3.61. The fraction of sp³-hybridized carbons (Fsp3) is 0.667. The zero-order chi connectivity index (χ0) is 22.0. The molecule has 0 saturated heterocycles. The first-order valence-electron chi connectivity index (χ1n) is 10.2. The Hall–Kier alpha value is -1.64. The molecule has 0 radical (unpaired) electrons. The highest BCUT2D eigenvalue weighted by molar-refractivity contribution is 5.78. The molecule has 0 fully saturated rings. The summed E-state index contributed by atoms with van der Waals surface area (Å²) >= 11 is 0. The molecule has 0 N–H and O–H groups in total. The maximum absolute atomic E-state index is 10.9. The van der Waals surface area contributed by atoms with Crippen molar-refractivity contribution in [1.82, 2.24) is 0 Å². The molecule has 0 spiro atoms. The molecule has 0 amide bonds. The maximum atomic E-state index is 10.9. The lowest BCUT2D eigenvalue weighted by Crippen LogP contribution is -2.12. The van der Waals surface area contributed by atoms with E-state index in [1.807, 2.05) is 26.0 Å². The largest absolute Gasteiger partial charge is 0.497 e. The van der Waals surface area contributed by atoms with Gasteiger partial charge in [0.25, 0.3) is 0 Å². The predicted octanol–water partition coefficient (Wildman–Crippen LogP) is 7.09. The maximum Gasteiger partial charge on any atom is 0.132 e. The fourth-order valence-electron chi connectivity index (χ4n) is 2.18. The molecular formula is C24H44O3. The van der Waals surface area contributed by atoms with Crippen molar-refractivity contribution in [2.75, 3.05) is 7.11 Å². The molecule has 1 atom stereocenters. The van der Waals surface area contributed by atoms with Crippen LogP contribution in [0.3, 0.4) is 0 Å². The van der Waals surface area contributed by atoms with Gasteiger partial charge >= 0.3 is 0 Å². The van der Waals surface area contributed by atoms with Crippen LogP contribution in [0, 0.1) is 11.8 Å². The number of ether oxygens (including phenoxy) is 1. The van der Waals surface area contributed by atoms with Crippen molar-refractivity contribution >= 4 is 11.6 Å². The molecule has 3 heteroatoms. The summed E-state index contributed by atoms with van der Waals surface area (Å²) in [6, 6.07) is 8.19. The summed E-state index contributed by atoms with van der Waals surface area (Å²) in [6.07, 6.45) is 2.04. The zero-order valence-electron chi connectivity index (χ0n) is 19.7. The van der Waals surface area contributed by atoms with E-state index in [4.69, 9.17) is 4.74 Å². The molecule has 158 valence electrons. The highest BCUT2D eigenvalue weighted by Crippen LogP contribution is 2.18. The van der Waals surface area contributed by atoms with Crippen LogP contribution in [0.4, 0.5) is 0 Å². The van der Waals surface area contributed by atoms with Gasteiger partial charge in [0.05, 0.1) is 7.11 Å². The summed E-state index contributed by atoms with van der Waals surface area (Å²) in [5.74, 6) is 2.99. The monoisotopic (exact) mass is 380 g/mol. The minimum atomic E-state index is 0.167. The van der Waals surface area contributed by atoms with Gasteiger partial charge in [0, 0.05) is 5.92 Å². The molecule has 0 saturated carbocycles. The molecule has 1 rings (SSSR count). The second-order valence-electron chi connectivity index (χ2n) is 7.18. The standard InChI is InChI=1S/C10H14O.C9H18O.C3H6O.C2H6/c1-8(2)9-4-6-10(11-3)7-5-9;1-5-9(8(4)10)6-7(2)3;1-3(2)4;1-2/h4-8H,1-3H3;7,9H,5-6H2,1-4H3;1-2H3;1-2H3. The number of methoxy groups -OCH3 is 1. The Morgan fingerprint density at radius 1 is 0.926 bits per heavy atom. The van der Waals surface area contributed by atoms with Gasteiger partial charge in [-0.25, -0.2) is 0 Å². The number of rotatable bonds is 6.